The second kappa shape index (κ2) is 4.01. The van der Waals surface area contributed by atoms with Gasteiger partial charge in [-0.15, -0.1) is 0 Å². The van der Waals surface area contributed by atoms with Crippen LogP contribution in [-0.2, 0) is 10.2 Å². The van der Waals surface area contributed by atoms with Crippen LogP contribution in [0.2, 0.25) is 0 Å². The van der Waals surface area contributed by atoms with E-state index in [1.54, 1.807) is 0 Å². The maximum absolute atomic E-state index is 12.4. The molecule has 0 bridgehead atoms. The van der Waals surface area contributed by atoms with E-state index in [1.165, 1.54) is 12.8 Å². The SMILES string of the molecule is CC(NC(=O)C1(c2ccc(N)cc2)CC1)C1CC1. The van der Waals surface area contributed by atoms with Crippen molar-refractivity contribution in [2.24, 2.45) is 5.92 Å². The smallest absolute Gasteiger partial charge is 0.230 e. The first kappa shape index (κ1) is 11.6. The molecule has 1 atom stereocenters. The summed E-state index contributed by atoms with van der Waals surface area (Å²) in [6.45, 7) is 2.12. The molecule has 2 saturated carbocycles. The molecule has 0 spiro atoms. The quantitative estimate of drug-likeness (QED) is 0.798. The molecule has 3 nitrogen and oxygen atoms in total. The summed E-state index contributed by atoms with van der Waals surface area (Å²) >= 11 is 0. The number of anilines is 1. The zero-order valence-electron chi connectivity index (χ0n) is 10.8. The molecule has 1 aromatic rings. The van der Waals surface area contributed by atoms with Gasteiger partial charge >= 0.3 is 0 Å². The number of carbonyl (C=O) groups is 1. The van der Waals surface area contributed by atoms with Gasteiger partial charge in [0.1, 0.15) is 0 Å². The summed E-state index contributed by atoms with van der Waals surface area (Å²) in [5, 5.41) is 3.19. The van der Waals surface area contributed by atoms with E-state index in [0.29, 0.717) is 12.0 Å². The average Bonchev–Trinajstić information content (AvgIpc) is 3.22. The van der Waals surface area contributed by atoms with Gasteiger partial charge in [-0.3, -0.25) is 4.79 Å². The number of hydrogen-bond donors (Lipinski definition) is 2. The molecular weight excluding hydrogens is 224 g/mol. The topological polar surface area (TPSA) is 55.1 Å². The first-order valence-electron chi connectivity index (χ1n) is 6.79. The molecule has 1 unspecified atom stereocenters. The van der Waals surface area contributed by atoms with Gasteiger partial charge in [-0.25, -0.2) is 0 Å². The Hall–Kier alpha value is -1.51. The van der Waals surface area contributed by atoms with Crippen LogP contribution in [0.5, 0.6) is 0 Å². The molecule has 0 radical (unpaired) electrons. The van der Waals surface area contributed by atoms with E-state index in [-0.39, 0.29) is 11.3 Å². The van der Waals surface area contributed by atoms with E-state index in [4.69, 9.17) is 5.73 Å². The van der Waals surface area contributed by atoms with Crippen LogP contribution in [0, 0.1) is 5.92 Å². The van der Waals surface area contributed by atoms with Crippen molar-refractivity contribution in [3.05, 3.63) is 29.8 Å². The standard InChI is InChI=1S/C15H20N2O/c1-10(11-2-3-11)17-14(18)15(8-9-15)12-4-6-13(16)7-5-12/h4-7,10-11H,2-3,8-9,16H2,1H3,(H,17,18). The number of benzene rings is 1. The molecule has 96 valence electrons. The van der Waals surface area contributed by atoms with Crippen molar-refractivity contribution >= 4 is 11.6 Å². The fourth-order valence-electron chi connectivity index (χ4n) is 2.63. The van der Waals surface area contributed by atoms with Gasteiger partial charge in [0, 0.05) is 11.7 Å². The third kappa shape index (κ3) is 1.98. The molecule has 1 aromatic carbocycles. The van der Waals surface area contributed by atoms with Gasteiger partial charge in [0.15, 0.2) is 0 Å². The van der Waals surface area contributed by atoms with Crippen molar-refractivity contribution in [1.82, 2.24) is 5.32 Å². The summed E-state index contributed by atoms with van der Waals surface area (Å²) in [6.07, 6.45) is 4.44. The van der Waals surface area contributed by atoms with Gasteiger partial charge < -0.3 is 11.1 Å². The van der Waals surface area contributed by atoms with E-state index >= 15 is 0 Å². The number of amides is 1. The minimum atomic E-state index is -0.267. The fourth-order valence-corrected chi connectivity index (χ4v) is 2.63. The van der Waals surface area contributed by atoms with Crippen LogP contribution in [0.4, 0.5) is 5.69 Å². The lowest BCUT2D eigenvalue weighted by atomic mass is 9.94. The fraction of sp³-hybridized carbons (Fsp3) is 0.533. The Bertz CT molecular complexity index is 458. The number of nitrogen functional groups attached to an aromatic ring is 1. The van der Waals surface area contributed by atoms with E-state index in [0.717, 1.165) is 24.1 Å². The lowest BCUT2D eigenvalue weighted by Crippen LogP contribution is -2.41. The van der Waals surface area contributed by atoms with Crippen LogP contribution in [-0.4, -0.2) is 11.9 Å². The highest BCUT2D eigenvalue weighted by atomic mass is 16.2. The van der Waals surface area contributed by atoms with Crippen LogP contribution >= 0.6 is 0 Å². The molecule has 1 amide bonds. The van der Waals surface area contributed by atoms with Gasteiger partial charge in [0.25, 0.3) is 0 Å². The first-order valence-corrected chi connectivity index (χ1v) is 6.79. The normalized spacial score (nSPS) is 22.3. The van der Waals surface area contributed by atoms with Gasteiger partial charge in [0.05, 0.1) is 5.41 Å². The number of hydrogen-bond acceptors (Lipinski definition) is 2. The molecule has 3 heteroatoms. The van der Waals surface area contributed by atoms with Crippen molar-refractivity contribution < 1.29 is 4.79 Å². The molecule has 18 heavy (non-hydrogen) atoms. The summed E-state index contributed by atoms with van der Waals surface area (Å²) in [4.78, 5) is 12.4. The van der Waals surface area contributed by atoms with Crippen LogP contribution in [0.3, 0.4) is 0 Å². The molecule has 2 aliphatic rings. The molecule has 0 aromatic heterocycles. The van der Waals surface area contributed by atoms with Gasteiger partial charge in [0.2, 0.25) is 5.91 Å². The lowest BCUT2D eigenvalue weighted by molar-refractivity contribution is -0.124. The minimum Gasteiger partial charge on any atom is -0.399 e. The Morgan fingerprint density at radius 2 is 1.94 bits per heavy atom. The molecule has 0 aliphatic heterocycles. The molecular formula is C15H20N2O. The monoisotopic (exact) mass is 244 g/mol. The largest absolute Gasteiger partial charge is 0.399 e. The maximum Gasteiger partial charge on any atom is 0.230 e. The predicted octanol–water partition coefficient (Wildman–Crippen LogP) is 2.22. The van der Waals surface area contributed by atoms with Gasteiger partial charge in [-0.1, -0.05) is 12.1 Å². The van der Waals surface area contributed by atoms with Crippen molar-refractivity contribution in [3.63, 3.8) is 0 Å². The van der Waals surface area contributed by atoms with Gasteiger partial charge in [-0.2, -0.15) is 0 Å². The second-order valence-electron chi connectivity index (χ2n) is 5.80. The Balaban J connectivity index is 1.73. The van der Waals surface area contributed by atoms with E-state index in [9.17, 15) is 4.79 Å². The summed E-state index contributed by atoms with van der Waals surface area (Å²) < 4.78 is 0. The highest BCUT2D eigenvalue weighted by Crippen LogP contribution is 2.49. The van der Waals surface area contributed by atoms with Crippen molar-refractivity contribution in [3.8, 4) is 0 Å². The number of nitrogens with two attached hydrogens (primary N) is 1. The zero-order chi connectivity index (χ0) is 12.8. The van der Waals surface area contributed by atoms with E-state index in [2.05, 4.69) is 12.2 Å². The molecule has 0 heterocycles. The Morgan fingerprint density at radius 1 is 1.33 bits per heavy atom. The Morgan fingerprint density at radius 3 is 2.44 bits per heavy atom. The summed E-state index contributed by atoms with van der Waals surface area (Å²) in [6, 6.07) is 8.07. The maximum atomic E-state index is 12.4. The second-order valence-corrected chi connectivity index (χ2v) is 5.80. The van der Waals surface area contributed by atoms with Crippen LogP contribution < -0.4 is 11.1 Å². The predicted molar refractivity (Wildman–Crippen MR) is 72.1 cm³/mol. The number of nitrogens with one attached hydrogen (secondary N) is 1. The zero-order valence-corrected chi connectivity index (χ0v) is 10.8. The average molecular weight is 244 g/mol. The number of rotatable bonds is 4. The summed E-state index contributed by atoms with van der Waals surface area (Å²) in [5.74, 6) is 0.905. The van der Waals surface area contributed by atoms with Crippen molar-refractivity contribution in [1.29, 1.82) is 0 Å². The molecule has 0 saturated heterocycles. The summed E-state index contributed by atoms with van der Waals surface area (Å²) in [7, 11) is 0. The third-order valence-electron chi connectivity index (χ3n) is 4.34. The van der Waals surface area contributed by atoms with Gasteiger partial charge in [-0.05, 0) is 56.2 Å². The van der Waals surface area contributed by atoms with Crippen LogP contribution in [0.25, 0.3) is 0 Å². The lowest BCUT2D eigenvalue weighted by Gasteiger charge is -2.20. The minimum absolute atomic E-state index is 0.201. The Labute approximate surface area is 108 Å². The van der Waals surface area contributed by atoms with Crippen molar-refractivity contribution in [2.75, 3.05) is 5.73 Å². The van der Waals surface area contributed by atoms with E-state index < -0.39 is 0 Å². The van der Waals surface area contributed by atoms with E-state index in [1.807, 2.05) is 24.3 Å². The van der Waals surface area contributed by atoms with Crippen LogP contribution in [0.1, 0.15) is 38.2 Å². The molecule has 2 fully saturated rings. The van der Waals surface area contributed by atoms with Crippen molar-refractivity contribution in [2.45, 2.75) is 44.1 Å². The highest BCUT2D eigenvalue weighted by molar-refractivity contribution is 5.91. The molecule has 2 aliphatic carbocycles. The highest BCUT2D eigenvalue weighted by Gasteiger charge is 2.51. The number of carbonyl (C=O) groups excluding carboxylic acids is 1. The molecule has 3 N–H and O–H groups in total. The Kier molecular flexibility index (Phi) is 2.58. The first-order chi connectivity index (χ1) is 8.62. The van der Waals surface area contributed by atoms with Crippen LogP contribution in [0.15, 0.2) is 24.3 Å². The molecule has 3 rings (SSSR count). The summed E-state index contributed by atoms with van der Waals surface area (Å²) in [5.41, 5.74) is 7.29. The third-order valence-corrected chi connectivity index (χ3v) is 4.34.